The van der Waals surface area contributed by atoms with E-state index in [0.29, 0.717) is 53.2 Å². The van der Waals surface area contributed by atoms with Gasteiger partial charge < -0.3 is 19.4 Å². The fraction of sp³-hybridized carbons (Fsp3) is 0.308. The summed E-state index contributed by atoms with van der Waals surface area (Å²) in [5, 5.41) is 10.4. The van der Waals surface area contributed by atoms with Crippen molar-refractivity contribution >= 4 is 27.8 Å². The number of phenols is 1. The number of hydrogen-bond donors (Lipinski definition) is 2. The van der Waals surface area contributed by atoms with Crippen molar-refractivity contribution in [3.05, 3.63) is 75.7 Å². The number of benzene rings is 2. The van der Waals surface area contributed by atoms with Gasteiger partial charge >= 0.3 is 0 Å². The van der Waals surface area contributed by atoms with E-state index in [2.05, 4.69) is 23.7 Å². The normalized spacial score (nSPS) is 15.1. The standard InChI is InChI=1S/C26H27N3O4/c1-16(2)28-11-13-29(14-12-28)26(32)23-22-24(31)19-5-3-4-6-21(19)33-25(22)20(27-23)15-17-7-9-18(30)10-8-17/h3-10,16,27,30H,11-15H2,1-2H3. The van der Waals surface area contributed by atoms with E-state index in [0.717, 1.165) is 18.7 Å². The van der Waals surface area contributed by atoms with Crippen molar-refractivity contribution in [2.24, 2.45) is 0 Å². The van der Waals surface area contributed by atoms with Crippen molar-refractivity contribution in [2.75, 3.05) is 26.2 Å². The van der Waals surface area contributed by atoms with E-state index in [1.165, 1.54) is 0 Å². The number of amides is 1. The quantitative estimate of drug-likeness (QED) is 0.500. The van der Waals surface area contributed by atoms with Gasteiger partial charge in [-0.15, -0.1) is 0 Å². The summed E-state index contributed by atoms with van der Waals surface area (Å²) in [5.74, 6) is 0.00645. The monoisotopic (exact) mass is 445 g/mol. The molecule has 1 aliphatic rings. The highest BCUT2D eigenvalue weighted by Gasteiger charge is 2.28. The predicted octanol–water partition coefficient (Wildman–Crippen LogP) is 3.74. The van der Waals surface area contributed by atoms with Crippen LogP contribution in [-0.2, 0) is 6.42 Å². The number of nitrogens with zero attached hydrogens (tertiary/aromatic N) is 2. The summed E-state index contributed by atoms with van der Waals surface area (Å²) in [6.45, 7) is 7.15. The number of aromatic hydroxyl groups is 1. The van der Waals surface area contributed by atoms with Gasteiger partial charge in [0.15, 0.2) is 5.58 Å². The molecule has 4 aromatic rings. The maximum absolute atomic E-state index is 13.6. The van der Waals surface area contributed by atoms with Crippen LogP contribution in [0.25, 0.3) is 21.9 Å². The van der Waals surface area contributed by atoms with E-state index in [1.54, 1.807) is 30.3 Å². The Morgan fingerprint density at radius 3 is 2.45 bits per heavy atom. The Hall–Kier alpha value is -3.58. The Balaban J connectivity index is 1.60. The number of rotatable bonds is 4. The summed E-state index contributed by atoms with van der Waals surface area (Å²) in [4.78, 5) is 34.4. The first-order valence-electron chi connectivity index (χ1n) is 11.3. The van der Waals surface area contributed by atoms with E-state index >= 15 is 0 Å². The summed E-state index contributed by atoms with van der Waals surface area (Å²) in [6, 6.07) is 14.4. The van der Waals surface area contributed by atoms with Crippen LogP contribution < -0.4 is 5.43 Å². The average Bonchev–Trinajstić information content (AvgIpc) is 3.18. The third-order valence-corrected chi connectivity index (χ3v) is 6.46. The topological polar surface area (TPSA) is 89.8 Å². The molecular formula is C26H27N3O4. The molecule has 7 heteroatoms. The van der Waals surface area contributed by atoms with E-state index < -0.39 is 0 Å². The molecule has 0 atom stereocenters. The van der Waals surface area contributed by atoms with Crippen LogP contribution in [0.5, 0.6) is 5.75 Å². The van der Waals surface area contributed by atoms with Crippen LogP contribution in [0.2, 0.25) is 0 Å². The molecule has 33 heavy (non-hydrogen) atoms. The molecular weight excluding hydrogens is 418 g/mol. The van der Waals surface area contributed by atoms with Crippen molar-refractivity contribution < 1.29 is 14.3 Å². The Labute approximate surface area is 191 Å². The van der Waals surface area contributed by atoms with E-state index in [9.17, 15) is 14.7 Å². The molecule has 0 unspecified atom stereocenters. The number of phenolic OH excluding ortho intramolecular Hbond substituents is 1. The highest BCUT2D eigenvalue weighted by Crippen LogP contribution is 2.28. The second kappa shape index (κ2) is 8.41. The number of nitrogens with one attached hydrogen (secondary N) is 1. The van der Waals surface area contributed by atoms with Crippen molar-refractivity contribution in [1.29, 1.82) is 0 Å². The smallest absolute Gasteiger partial charge is 0.271 e. The molecule has 0 spiro atoms. The molecule has 2 aromatic carbocycles. The first-order valence-corrected chi connectivity index (χ1v) is 11.3. The number of para-hydroxylation sites is 1. The molecule has 1 fully saturated rings. The second-order valence-corrected chi connectivity index (χ2v) is 8.88. The van der Waals surface area contributed by atoms with Gasteiger partial charge in [0.25, 0.3) is 5.91 Å². The van der Waals surface area contributed by atoms with E-state index in [1.807, 2.05) is 23.1 Å². The maximum atomic E-state index is 13.6. The maximum Gasteiger partial charge on any atom is 0.271 e. The van der Waals surface area contributed by atoms with Gasteiger partial charge in [-0.25, -0.2) is 0 Å². The summed E-state index contributed by atoms with van der Waals surface area (Å²) >= 11 is 0. The third kappa shape index (κ3) is 3.89. The molecule has 2 aromatic heterocycles. The molecule has 1 aliphatic heterocycles. The fourth-order valence-electron chi connectivity index (χ4n) is 4.55. The molecule has 0 bridgehead atoms. The first kappa shape index (κ1) is 21.3. The average molecular weight is 446 g/mol. The zero-order chi connectivity index (χ0) is 23.1. The minimum atomic E-state index is -0.204. The van der Waals surface area contributed by atoms with Gasteiger partial charge in [-0.2, -0.15) is 0 Å². The van der Waals surface area contributed by atoms with Gasteiger partial charge in [-0.1, -0.05) is 24.3 Å². The fourth-order valence-corrected chi connectivity index (χ4v) is 4.55. The van der Waals surface area contributed by atoms with Gasteiger partial charge in [0.2, 0.25) is 5.43 Å². The van der Waals surface area contributed by atoms with Crippen LogP contribution in [0, 0.1) is 0 Å². The van der Waals surface area contributed by atoms with Gasteiger partial charge in [0.05, 0.1) is 16.5 Å². The van der Waals surface area contributed by atoms with E-state index in [4.69, 9.17) is 4.42 Å². The van der Waals surface area contributed by atoms with Crippen LogP contribution in [-0.4, -0.2) is 58.0 Å². The number of carbonyl (C=O) groups is 1. The molecule has 0 saturated carbocycles. The molecule has 1 amide bonds. The lowest BCUT2D eigenvalue weighted by atomic mass is 10.1. The largest absolute Gasteiger partial charge is 0.508 e. The van der Waals surface area contributed by atoms with Crippen molar-refractivity contribution in [3.63, 3.8) is 0 Å². The number of aromatic amines is 1. The lowest BCUT2D eigenvalue weighted by Crippen LogP contribution is -2.50. The van der Waals surface area contributed by atoms with Crippen molar-refractivity contribution in [3.8, 4) is 5.75 Å². The minimum absolute atomic E-state index is 0.178. The Kier molecular flexibility index (Phi) is 5.42. The lowest BCUT2D eigenvalue weighted by molar-refractivity contribution is 0.0592. The van der Waals surface area contributed by atoms with Gasteiger partial charge in [0.1, 0.15) is 17.0 Å². The Bertz CT molecular complexity index is 1380. The molecule has 3 heterocycles. The summed E-state index contributed by atoms with van der Waals surface area (Å²) < 4.78 is 6.16. The molecule has 170 valence electrons. The Morgan fingerprint density at radius 2 is 1.76 bits per heavy atom. The Morgan fingerprint density at radius 1 is 1.06 bits per heavy atom. The number of hydrogen-bond acceptors (Lipinski definition) is 5. The number of H-pyrrole nitrogens is 1. The SMILES string of the molecule is CC(C)N1CCN(C(=O)c2[nH]c(Cc3ccc(O)cc3)c3oc4ccccc4c(=O)c23)CC1. The third-order valence-electron chi connectivity index (χ3n) is 6.46. The highest BCUT2D eigenvalue weighted by molar-refractivity contribution is 6.07. The minimum Gasteiger partial charge on any atom is -0.508 e. The van der Waals surface area contributed by atoms with E-state index in [-0.39, 0.29) is 22.8 Å². The first-order chi connectivity index (χ1) is 15.9. The van der Waals surface area contributed by atoms with Crippen LogP contribution in [0.4, 0.5) is 0 Å². The van der Waals surface area contributed by atoms with Gasteiger partial charge in [-0.3, -0.25) is 14.5 Å². The summed E-state index contributed by atoms with van der Waals surface area (Å²) in [5.41, 5.74) is 2.58. The van der Waals surface area contributed by atoms with Crippen LogP contribution in [0.15, 0.2) is 57.7 Å². The van der Waals surface area contributed by atoms with Crippen molar-refractivity contribution in [2.45, 2.75) is 26.3 Å². The molecule has 1 saturated heterocycles. The number of piperazine rings is 1. The zero-order valence-electron chi connectivity index (χ0n) is 18.8. The zero-order valence-corrected chi connectivity index (χ0v) is 18.8. The predicted molar refractivity (Wildman–Crippen MR) is 128 cm³/mol. The number of fused-ring (bicyclic) bond motifs is 2. The molecule has 7 nitrogen and oxygen atoms in total. The summed E-state index contributed by atoms with van der Waals surface area (Å²) in [6.07, 6.45) is 0.437. The van der Waals surface area contributed by atoms with Gasteiger partial charge in [0, 0.05) is 38.6 Å². The molecule has 0 aliphatic carbocycles. The highest BCUT2D eigenvalue weighted by atomic mass is 16.3. The second-order valence-electron chi connectivity index (χ2n) is 8.88. The lowest BCUT2D eigenvalue weighted by Gasteiger charge is -2.36. The molecule has 2 N–H and O–H groups in total. The van der Waals surface area contributed by atoms with Crippen molar-refractivity contribution in [1.82, 2.24) is 14.8 Å². The van der Waals surface area contributed by atoms with Crippen LogP contribution >= 0.6 is 0 Å². The van der Waals surface area contributed by atoms with Crippen LogP contribution in [0.3, 0.4) is 0 Å². The van der Waals surface area contributed by atoms with Crippen LogP contribution in [0.1, 0.15) is 35.6 Å². The molecule has 0 radical (unpaired) electrons. The molecule has 5 rings (SSSR count). The number of aromatic nitrogens is 1. The van der Waals surface area contributed by atoms with Gasteiger partial charge in [-0.05, 0) is 43.7 Å². The summed E-state index contributed by atoms with van der Waals surface area (Å²) in [7, 11) is 0. The number of carbonyl (C=O) groups excluding carboxylic acids is 1.